The van der Waals surface area contributed by atoms with Gasteiger partial charge in [-0.1, -0.05) is 39.0 Å². The van der Waals surface area contributed by atoms with Crippen molar-refractivity contribution < 1.29 is 22.7 Å². The van der Waals surface area contributed by atoms with E-state index in [9.17, 15) is 18.0 Å². The third-order valence-corrected chi connectivity index (χ3v) is 3.45. The van der Waals surface area contributed by atoms with Gasteiger partial charge in [0.2, 0.25) is 0 Å². The highest BCUT2D eigenvalue weighted by atomic mass is 19.4. The van der Waals surface area contributed by atoms with Crippen LogP contribution in [-0.4, -0.2) is 19.1 Å². The maximum atomic E-state index is 12.7. The van der Waals surface area contributed by atoms with Crippen LogP contribution in [0.2, 0.25) is 0 Å². The minimum atomic E-state index is -4.36. The van der Waals surface area contributed by atoms with Gasteiger partial charge in [0.15, 0.2) is 0 Å². The van der Waals surface area contributed by atoms with E-state index in [4.69, 9.17) is 0 Å². The van der Waals surface area contributed by atoms with Crippen molar-refractivity contribution in [2.45, 2.75) is 46.0 Å². The number of nitrogens with one attached hydrogen (secondary N) is 1. The Morgan fingerprint density at radius 2 is 1.91 bits per heavy atom. The van der Waals surface area contributed by atoms with Crippen molar-refractivity contribution in [3.63, 3.8) is 0 Å². The molecule has 1 unspecified atom stereocenters. The number of alkyl halides is 3. The Kier molecular flexibility index (Phi) is 6.00. The first-order chi connectivity index (χ1) is 10.0. The molecule has 22 heavy (non-hydrogen) atoms. The average molecular weight is 317 g/mol. The van der Waals surface area contributed by atoms with E-state index in [0.29, 0.717) is 5.56 Å². The standard InChI is InChI=1S/C16H22F3NO2/c1-15(2,3)13(9-14(21)22-4)20-10-11-6-5-7-12(8-11)16(17,18)19/h5-8,13,20H,9-10H2,1-4H3. The molecule has 1 atom stereocenters. The van der Waals surface area contributed by atoms with Crippen LogP contribution in [0.25, 0.3) is 0 Å². The van der Waals surface area contributed by atoms with E-state index >= 15 is 0 Å². The topological polar surface area (TPSA) is 38.3 Å². The molecular weight excluding hydrogens is 295 g/mol. The highest BCUT2D eigenvalue weighted by Gasteiger charge is 2.31. The number of hydrogen-bond acceptors (Lipinski definition) is 3. The van der Waals surface area contributed by atoms with Crippen molar-refractivity contribution in [2.75, 3.05) is 7.11 Å². The molecule has 0 aromatic heterocycles. The van der Waals surface area contributed by atoms with Crippen LogP contribution >= 0.6 is 0 Å². The molecule has 1 N–H and O–H groups in total. The number of carbonyl (C=O) groups is 1. The molecule has 124 valence electrons. The third-order valence-electron chi connectivity index (χ3n) is 3.45. The maximum Gasteiger partial charge on any atom is 0.416 e. The van der Waals surface area contributed by atoms with Crippen molar-refractivity contribution in [3.05, 3.63) is 35.4 Å². The van der Waals surface area contributed by atoms with Crippen molar-refractivity contribution >= 4 is 5.97 Å². The van der Waals surface area contributed by atoms with Gasteiger partial charge in [0, 0.05) is 12.6 Å². The van der Waals surface area contributed by atoms with Crippen molar-refractivity contribution in [1.82, 2.24) is 5.32 Å². The van der Waals surface area contributed by atoms with Gasteiger partial charge in [-0.15, -0.1) is 0 Å². The normalized spacial score (nSPS) is 13.8. The van der Waals surface area contributed by atoms with Crippen LogP contribution in [0.4, 0.5) is 13.2 Å². The summed E-state index contributed by atoms with van der Waals surface area (Å²) in [6, 6.07) is 4.96. The molecule has 0 bridgehead atoms. The van der Waals surface area contributed by atoms with Crippen molar-refractivity contribution in [1.29, 1.82) is 0 Å². The molecule has 0 amide bonds. The fraction of sp³-hybridized carbons (Fsp3) is 0.562. The highest BCUT2D eigenvalue weighted by Crippen LogP contribution is 2.29. The molecule has 6 heteroatoms. The summed E-state index contributed by atoms with van der Waals surface area (Å²) in [4.78, 5) is 11.5. The monoisotopic (exact) mass is 317 g/mol. The van der Waals surface area contributed by atoms with Gasteiger partial charge in [0.25, 0.3) is 0 Å². The predicted octanol–water partition coefficient (Wildman–Crippen LogP) is 3.77. The number of hydrogen-bond donors (Lipinski definition) is 1. The van der Waals surface area contributed by atoms with Crippen molar-refractivity contribution in [2.24, 2.45) is 5.41 Å². The van der Waals surface area contributed by atoms with Crippen LogP contribution in [0.15, 0.2) is 24.3 Å². The quantitative estimate of drug-likeness (QED) is 0.840. The molecule has 0 heterocycles. The molecule has 3 nitrogen and oxygen atoms in total. The number of esters is 1. The Hall–Kier alpha value is -1.56. The minimum Gasteiger partial charge on any atom is -0.469 e. The second-order valence-electron chi connectivity index (χ2n) is 6.28. The number of halogens is 3. The smallest absolute Gasteiger partial charge is 0.416 e. The largest absolute Gasteiger partial charge is 0.469 e. The van der Waals surface area contributed by atoms with Gasteiger partial charge in [0.05, 0.1) is 19.1 Å². The van der Waals surface area contributed by atoms with Crippen LogP contribution in [0, 0.1) is 5.41 Å². The van der Waals surface area contributed by atoms with Gasteiger partial charge in [0.1, 0.15) is 0 Å². The van der Waals surface area contributed by atoms with Crippen LogP contribution in [-0.2, 0) is 22.3 Å². The Morgan fingerprint density at radius 1 is 1.27 bits per heavy atom. The summed E-state index contributed by atoms with van der Waals surface area (Å²) >= 11 is 0. The van der Waals surface area contributed by atoms with Crippen LogP contribution in [0.3, 0.4) is 0 Å². The molecule has 1 aromatic carbocycles. The van der Waals surface area contributed by atoms with E-state index in [2.05, 4.69) is 10.1 Å². The summed E-state index contributed by atoms with van der Waals surface area (Å²) in [5.74, 6) is -0.350. The van der Waals surface area contributed by atoms with Gasteiger partial charge in [-0.25, -0.2) is 0 Å². The summed E-state index contributed by atoms with van der Waals surface area (Å²) < 4.78 is 42.7. The molecule has 0 aliphatic carbocycles. The lowest BCUT2D eigenvalue weighted by Crippen LogP contribution is -2.41. The van der Waals surface area contributed by atoms with Gasteiger partial charge in [-0.2, -0.15) is 13.2 Å². The first-order valence-corrected chi connectivity index (χ1v) is 7.00. The molecule has 1 aromatic rings. The number of ether oxygens (including phenoxy) is 1. The van der Waals surface area contributed by atoms with Gasteiger partial charge in [-0.3, -0.25) is 4.79 Å². The third kappa shape index (κ3) is 5.67. The summed E-state index contributed by atoms with van der Waals surface area (Å²) in [6.45, 7) is 6.13. The molecule has 0 fully saturated rings. The lowest BCUT2D eigenvalue weighted by molar-refractivity contribution is -0.142. The molecular formula is C16H22F3NO2. The molecule has 0 aliphatic heterocycles. The van der Waals surface area contributed by atoms with Gasteiger partial charge >= 0.3 is 12.1 Å². The fourth-order valence-corrected chi connectivity index (χ4v) is 2.03. The summed E-state index contributed by atoms with van der Waals surface area (Å²) in [6.07, 6.45) is -4.19. The van der Waals surface area contributed by atoms with E-state index in [-0.39, 0.29) is 30.4 Å². The van der Waals surface area contributed by atoms with E-state index in [1.165, 1.54) is 13.2 Å². The number of carbonyl (C=O) groups excluding carboxylic acids is 1. The first-order valence-electron chi connectivity index (χ1n) is 7.00. The van der Waals surface area contributed by atoms with Gasteiger partial charge in [-0.05, 0) is 17.0 Å². The van der Waals surface area contributed by atoms with Crippen LogP contribution < -0.4 is 5.32 Å². The summed E-state index contributed by atoms with van der Waals surface area (Å²) in [5.41, 5.74) is -0.378. The summed E-state index contributed by atoms with van der Waals surface area (Å²) in [7, 11) is 1.31. The SMILES string of the molecule is COC(=O)CC(NCc1cccc(C(F)(F)F)c1)C(C)(C)C. The molecule has 0 saturated heterocycles. The molecule has 0 spiro atoms. The van der Waals surface area contributed by atoms with E-state index in [0.717, 1.165) is 12.1 Å². The fourth-order valence-electron chi connectivity index (χ4n) is 2.03. The Bertz CT molecular complexity index is 507. The molecule has 0 saturated carbocycles. The van der Waals surface area contributed by atoms with Crippen LogP contribution in [0.1, 0.15) is 38.3 Å². The Balaban J connectivity index is 2.79. The zero-order valence-electron chi connectivity index (χ0n) is 13.3. The highest BCUT2D eigenvalue weighted by molar-refractivity contribution is 5.70. The van der Waals surface area contributed by atoms with Crippen LogP contribution in [0.5, 0.6) is 0 Å². The lowest BCUT2D eigenvalue weighted by Gasteiger charge is -2.31. The van der Waals surface area contributed by atoms with Gasteiger partial charge < -0.3 is 10.1 Å². The first kappa shape index (κ1) is 18.5. The second kappa shape index (κ2) is 7.13. The van der Waals surface area contributed by atoms with E-state index in [1.54, 1.807) is 6.07 Å². The predicted molar refractivity (Wildman–Crippen MR) is 78.2 cm³/mol. The second-order valence-corrected chi connectivity index (χ2v) is 6.28. The minimum absolute atomic E-state index is 0.166. The molecule has 0 aliphatic rings. The average Bonchev–Trinajstić information content (AvgIpc) is 2.41. The van der Waals surface area contributed by atoms with E-state index < -0.39 is 11.7 Å². The molecule has 1 rings (SSSR count). The van der Waals surface area contributed by atoms with E-state index in [1.807, 2.05) is 20.8 Å². The Labute approximate surface area is 128 Å². The molecule has 0 radical (unpaired) electrons. The maximum absolute atomic E-state index is 12.7. The van der Waals surface area contributed by atoms with Crippen molar-refractivity contribution in [3.8, 4) is 0 Å². The summed E-state index contributed by atoms with van der Waals surface area (Å²) in [5, 5.41) is 3.15. The zero-order chi connectivity index (χ0) is 17.0. The number of benzene rings is 1. The Morgan fingerprint density at radius 3 is 2.41 bits per heavy atom. The zero-order valence-corrected chi connectivity index (χ0v) is 13.3. The lowest BCUT2D eigenvalue weighted by atomic mass is 9.84. The number of rotatable bonds is 5. The number of methoxy groups -OCH3 is 1.